The molecule has 2 heterocycles. The number of aromatic nitrogens is 2. The molecule has 0 amide bonds. The molecule has 0 aromatic carbocycles. The highest BCUT2D eigenvalue weighted by atomic mass is 16.7. The molecule has 1 aliphatic carbocycles. The standard InChI is InChI=1S/C15H26BN3O2/c1-13(2)14(3,4)21-16(20-13)12-9-18-19(10-12)15(11-17)7-5-6-8-15/h9-10H,5-8,11,17H2,1-4H3. The molecule has 3 rings (SSSR count). The van der Waals surface area contributed by atoms with Crippen LogP contribution in [-0.4, -0.2) is 34.6 Å². The minimum Gasteiger partial charge on any atom is -0.399 e. The first-order valence-electron chi connectivity index (χ1n) is 7.90. The van der Waals surface area contributed by atoms with E-state index >= 15 is 0 Å². The van der Waals surface area contributed by atoms with Crippen molar-refractivity contribution in [2.24, 2.45) is 5.73 Å². The third-order valence-electron chi connectivity index (χ3n) is 5.53. The molecule has 2 N–H and O–H groups in total. The Labute approximate surface area is 127 Å². The fourth-order valence-corrected chi connectivity index (χ4v) is 3.26. The van der Waals surface area contributed by atoms with E-state index in [0.717, 1.165) is 18.3 Å². The summed E-state index contributed by atoms with van der Waals surface area (Å²) in [4.78, 5) is 0. The third-order valence-corrected chi connectivity index (χ3v) is 5.53. The van der Waals surface area contributed by atoms with Gasteiger partial charge in [0.25, 0.3) is 0 Å². The Morgan fingerprint density at radius 3 is 2.29 bits per heavy atom. The van der Waals surface area contributed by atoms with Crippen LogP contribution in [0.1, 0.15) is 53.4 Å². The van der Waals surface area contributed by atoms with Crippen LogP contribution >= 0.6 is 0 Å². The molecule has 5 nitrogen and oxygen atoms in total. The van der Waals surface area contributed by atoms with Gasteiger partial charge in [-0.15, -0.1) is 0 Å². The number of nitrogens with zero attached hydrogens (tertiary/aromatic N) is 2. The fourth-order valence-electron chi connectivity index (χ4n) is 3.26. The summed E-state index contributed by atoms with van der Waals surface area (Å²) in [7, 11) is -0.347. The van der Waals surface area contributed by atoms with Gasteiger partial charge in [0.05, 0.1) is 16.7 Å². The molecule has 0 unspecified atom stereocenters. The first-order valence-corrected chi connectivity index (χ1v) is 7.90. The molecule has 2 aliphatic rings. The van der Waals surface area contributed by atoms with Crippen molar-refractivity contribution in [3.05, 3.63) is 12.4 Å². The van der Waals surface area contributed by atoms with Crippen LogP contribution in [0.4, 0.5) is 0 Å². The zero-order valence-electron chi connectivity index (χ0n) is 13.6. The monoisotopic (exact) mass is 291 g/mol. The summed E-state index contributed by atoms with van der Waals surface area (Å²) in [5, 5.41) is 4.56. The lowest BCUT2D eigenvalue weighted by Gasteiger charge is -2.32. The number of rotatable bonds is 3. The zero-order valence-corrected chi connectivity index (χ0v) is 13.6. The van der Waals surface area contributed by atoms with Crippen LogP contribution in [0, 0.1) is 0 Å². The molecule has 0 atom stereocenters. The van der Waals surface area contributed by atoms with Crippen LogP contribution in [-0.2, 0) is 14.8 Å². The summed E-state index contributed by atoms with van der Waals surface area (Å²) >= 11 is 0. The smallest absolute Gasteiger partial charge is 0.399 e. The molecule has 1 aromatic rings. The maximum Gasteiger partial charge on any atom is 0.498 e. The Kier molecular flexibility index (Phi) is 3.47. The molecule has 1 saturated heterocycles. The van der Waals surface area contributed by atoms with Gasteiger partial charge < -0.3 is 15.0 Å². The first-order chi connectivity index (χ1) is 9.80. The molecular weight excluding hydrogens is 265 g/mol. The average Bonchev–Trinajstić information content (AvgIpc) is 3.10. The van der Waals surface area contributed by atoms with E-state index in [9.17, 15) is 0 Å². The van der Waals surface area contributed by atoms with Crippen molar-refractivity contribution in [3.63, 3.8) is 0 Å². The van der Waals surface area contributed by atoms with Gasteiger partial charge in [0.15, 0.2) is 0 Å². The molecule has 116 valence electrons. The highest BCUT2D eigenvalue weighted by Crippen LogP contribution is 2.37. The molecule has 21 heavy (non-hydrogen) atoms. The molecule has 1 aromatic heterocycles. The number of hydrogen-bond donors (Lipinski definition) is 1. The van der Waals surface area contributed by atoms with Gasteiger partial charge in [-0.25, -0.2) is 0 Å². The molecule has 1 aliphatic heterocycles. The van der Waals surface area contributed by atoms with E-state index in [0.29, 0.717) is 6.54 Å². The van der Waals surface area contributed by atoms with Crippen LogP contribution in [0.25, 0.3) is 0 Å². The third kappa shape index (κ3) is 2.33. The van der Waals surface area contributed by atoms with Crippen molar-refractivity contribution in [3.8, 4) is 0 Å². The Bertz CT molecular complexity index is 505. The molecule has 0 spiro atoms. The van der Waals surface area contributed by atoms with Gasteiger partial charge in [0.1, 0.15) is 0 Å². The molecule has 6 heteroatoms. The number of hydrogen-bond acceptors (Lipinski definition) is 4. The second-order valence-corrected chi connectivity index (χ2v) is 7.44. The van der Waals surface area contributed by atoms with Gasteiger partial charge in [-0.2, -0.15) is 5.10 Å². The van der Waals surface area contributed by atoms with E-state index < -0.39 is 0 Å². The fraction of sp³-hybridized carbons (Fsp3) is 0.800. The van der Waals surface area contributed by atoms with Crippen LogP contribution in [0.2, 0.25) is 0 Å². The quantitative estimate of drug-likeness (QED) is 0.855. The van der Waals surface area contributed by atoms with E-state index in [-0.39, 0.29) is 23.9 Å². The lowest BCUT2D eigenvalue weighted by molar-refractivity contribution is 0.00578. The summed E-state index contributed by atoms with van der Waals surface area (Å²) in [5.41, 5.74) is 6.35. The largest absolute Gasteiger partial charge is 0.498 e. The summed E-state index contributed by atoms with van der Waals surface area (Å²) in [5.74, 6) is 0. The van der Waals surface area contributed by atoms with E-state index in [1.165, 1.54) is 12.8 Å². The Hall–Kier alpha value is -0.845. The van der Waals surface area contributed by atoms with E-state index in [1.807, 2.05) is 10.9 Å². The predicted molar refractivity (Wildman–Crippen MR) is 83.4 cm³/mol. The van der Waals surface area contributed by atoms with Gasteiger partial charge >= 0.3 is 7.12 Å². The average molecular weight is 291 g/mol. The molecule has 0 radical (unpaired) electrons. The predicted octanol–water partition coefficient (Wildman–Crippen LogP) is 1.41. The second-order valence-electron chi connectivity index (χ2n) is 7.44. The minimum absolute atomic E-state index is 0.0120. The zero-order chi connectivity index (χ0) is 15.3. The maximum absolute atomic E-state index is 6.09. The highest BCUT2D eigenvalue weighted by Gasteiger charge is 2.52. The Morgan fingerprint density at radius 1 is 1.19 bits per heavy atom. The second kappa shape index (κ2) is 4.83. The Morgan fingerprint density at radius 2 is 1.76 bits per heavy atom. The van der Waals surface area contributed by atoms with E-state index in [1.54, 1.807) is 0 Å². The lowest BCUT2D eigenvalue weighted by Crippen LogP contribution is -2.41. The molecular formula is C15H26BN3O2. The van der Waals surface area contributed by atoms with Crippen LogP contribution < -0.4 is 11.2 Å². The Balaban J connectivity index is 1.83. The SMILES string of the molecule is CC1(C)OB(c2cnn(C3(CN)CCCC3)c2)OC1(C)C. The lowest BCUT2D eigenvalue weighted by atomic mass is 9.82. The van der Waals surface area contributed by atoms with Crippen molar-refractivity contribution < 1.29 is 9.31 Å². The van der Waals surface area contributed by atoms with Gasteiger partial charge in [-0.1, -0.05) is 12.8 Å². The van der Waals surface area contributed by atoms with Gasteiger partial charge in [0, 0.05) is 24.4 Å². The van der Waals surface area contributed by atoms with Crippen molar-refractivity contribution >= 4 is 12.6 Å². The highest BCUT2D eigenvalue weighted by molar-refractivity contribution is 6.62. The van der Waals surface area contributed by atoms with Crippen molar-refractivity contribution in [1.82, 2.24) is 9.78 Å². The minimum atomic E-state index is -0.347. The van der Waals surface area contributed by atoms with Gasteiger partial charge in [0.2, 0.25) is 0 Å². The van der Waals surface area contributed by atoms with Crippen molar-refractivity contribution in [1.29, 1.82) is 0 Å². The summed E-state index contributed by atoms with van der Waals surface area (Å²) in [6, 6.07) is 0. The maximum atomic E-state index is 6.09. The summed E-state index contributed by atoms with van der Waals surface area (Å²) in [6.45, 7) is 8.90. The summed E-state index contributed by atoms with van der Waals surface area (Å²) in [6.07, 6.45) is 8.58. The van der Waals surface area contributed by atoms with Gasteiger partial charge in [-0.3, -0.25) is 4.68 Å². The molecule has 1 saturated carbocycles. The van der Waals surface area contributed by atoms with Crippen LogP contribution in [0.15, 0.2) is 12.4 Å². The van der Waals surface area contributed by atoms with Gasteiger partial charge in [-0.05, 0) is 40.5 Å². The van der Waals surface area contributed by atoms with Crippen LogP contribution in [0.5, 0.6) is 0 Å². The van der Waals surface area contributed by atoms with E-state index in [4.69, 9.17) is 15.0 Å². The number of nitrogens with two attached hydrogens (primary N) is 1. The first kappa shape index (κ1) is 15.1. The van der Waals surface area contributed by atoms with E-state index in [2.05, 4.69) is 39.0 Å². The molecule has 2 fully saturated rings. The normalized spacial score (nSPS) is 26.4. The van der Waals surface area contributed by atoms with Crippen LogP contribution in [0.3, 0.4) is 0 Å². The topological polar surface area (TPSA) is 62.3 Å². The summed E-state index contributed by atoms with van der Waals surface area (Å²) < 4.78 is 14.2. The van der Waals surface area contributed by atoms with Crippen molar-refractivity contribution in [2.75, 3.05) is 6.54 Å². The molecule has 0 bridgehead atoms. The van der Waals surface area contributed by atoms with Crippen molar-refractivity contribution in [2.45, 2.75) is 70.1 Å².